The lowest BCUT2D eigenvalue weighted by Gasteiger charge is -2.36. The highest BCUT2D eigenvalue weighted by Gasteiger charge is 2.21. The van der Waals surface area contributed by atoms with Crippen molar-refractivity contribution in [3.8, 4) is 5.75 Å². The van der Waals surface area contributed by atoms with Gasteiger partial charge in [0.05, 0.1) is 24.3 Å². The highest BCUT2D eigenvalue weighted by Crippen LogP contribution is 2.20. The van der Waals surface area contributed by atoms with Gasteiger partial charge in [-0.3, -0.25) is 19.0 Å². The largest absolute Gasteiger partial charge is 0.497 e. The molecule has 0 unspecified atom stereocenters. The molecule has 2 amide bonds. The van der Waals surface area contributed by atoms with Gasteiger partial charge in [0, 0.05) is 44.8 Å². The molecule has 9 nitrogen and oxygen atoms in total. The number of hydrogen-bond acceptors (Lipinski definition) is 6. The molecule has 1 aliphatic rings. The number of carbonyl (C=O) groups excluding carboxylic acids is 2. The Morgan fingerprint density at radius 3 is 2.48 bits per heavy atom. The SMILES string of the molecule is COc1ccc(N2CCN(C(=O)CCNC(=O)Cn3cnc4ccccc4c3=O)CC2)cc1. The lowest BCUT2D eigenvalue weighted by molar-refractivity contribution is -0.131. The van der Waals surface area contributed by atoms with Crippen molar-refractivity contribution >= 4 is 28.4 Å². The summed E-state index contributed by atoms with van der Waals surface area (Å²) in [5.74, 6) is 0.497. The zero-order valence-corrected chi connectivity index (χ0v) is 18.6. The highest BCUT2D eigenvalue weighted by molar-refractivity contribution is 5.80. The molecule has 172 valence electrons. The first-order valence-corrected chi connectivity index (χ1v) is 10.9. The average Bonchev–Trinajstić information content (AvgIpc) is 2.86. The van der Waals surface area contributed by atoms with Crippen molar-refractivity contribution in [2.75, 3.05) is 44.7 Å². The first-order valence-electron chi connectivity index (χ1n) is 10.9. The minimum Gasteiger partial charge on any atom is -0.497 e. The molecule has 0 radical (unpaired) electrons. The summed E-state index contributed by atoms with van der Waals surface area (Å²) in [6.45, 7) is 2.87. The van der Waals surface area contributed by atoms with Crippen LogP contribution in [-0.4, -0.2) is 66.1 Å². The second kappa shape index (κ2) is 10.2. The molecule has 1 saturated heterocycles. The summed E-state index contributed by atoms with van der Waals surface area (Å²) in [5.41, 5.74) is 1.44. The quantitative estimate of drug-likeness (QED) is 0.583. The van der Waals surface area contributed by atoms with E-state index in [1.807, 2.05) is 35.2 Å². The number of benzene rings is 2. The maximum atomic E-state index is 12.5. The van der Waals surface area contributed by atoms with E-state index in [9.17, 15) is 14.4 Å². The van der Waals surface area contributed by atoms with Crippen molar-refractivity contribution in [3.05, 3.63) is 65.2 Å². The van der Waals surface area contributed by atoms with E-state index >= 15 is 0 Å². The number of para-hydroxylation sites is 1. The van der Waals surface area contributed by atoms with Gasteiger partial charge >= 0.3 is 0 Å². The molecular weight excluding hydrogens is 422 g/mol. The fourth-order valence-corrected chi connectivity index (χ4v) is 3.90. The van der Waals surface area contributed by atoms with Crippen LogP contribution in [0.5, 0.6) is 5.75 Å². The number of nitrogens with zero attached hydrogens (tertiary/aromatic N) is 4. The molecule has 0 saturated carbocycles. The minimum atomic E-state index is -0.327. The van der Waals surface area contributed by atoms with Crippen LogP contribution in [0.15, 0.2) is 59.7 Å². The number of amides is 2. The van der Waals surface area contributed by atoms with E-state index < -0.39 is 0 Å². The molecule has 33 heavy (non-hydrogen) atoms. The van der Waals surface area contributed by atoms with Crippen LogP contribution in [0.4, 0.5) is 5.69 Å². The van der Waals surface area contributed by atoms with Crippen LogP contribution in [0.3, 0.4) is 0 Å². The van der Waals surface area contributed by atoms with Gasteiger partial charge < -0.3 is 19.9 Å². The third kappa shape index (κ3) is 5.31. The second-order valence-corrected chi connectivity index (χ2v) is 7.86. The van der Waals surface area contributed by atoms with Gasteiger partial charge in [0.25, 0.3) is 5.56 Å². The summed E-state index contributed by atoms with van der Waals surface area (Å²) in [7, 11) is 1.64. The van der Waals surface area contributed by atoms with Crippen LogP contribution in [0.2, 0.25) is 0 Å². The van der Waals surface area contributed by atoms with Crippen LogP contribution in [0.1, 0.15) is 6.42 Å². The number of piperazine rings is 1. The van der Waals surface area contributed by atoms with Gasteiger partial charge in [-0.15, -0.1) is 0 Å². The monoisotopic (exact) mass is 449 g/mol. The van der Waals surface area contributed by atoms with Crippen LogP contribution in [-0.2, 0) is 16.1 Å². The van der Waals surface area contributed by atoms with Crippen molar-refractivity contribution in [2.24, 2.45) is 0 Å². The van der Waals surface area contributed by atoms with Crippen molar-refractivity contribution < 1.29 is 14.3 Å². The third-order valence-corrected chi connectivity index (χ3v) is 5.78. The third-order valence-electron chi connectivity index (χ3n) is 5.78. The summed E-state index contributed by atoms with van der Waals surface area (Å²) in [6, 6.07) is 14.9. The summed E-state index contributed by atoms with van der Waals surface area (Å²) in [4.78, 5) is 45.6. The predicted octanol–water partition coefficient (Wildman–Crippen LogP) is 1.26. The van der Waals surface area contributed by atoms with E-state index in [4.69, 9.17) is 4.74 Å². The number of hydrogen-bond donors (Lipinski definition) is 1. The predicted molar refractivity (Wildman–Crippen MR) is 125 cm³/mol. The Morgan fingerprint density at radius 2 is 1.76 bits per heavy atom. The molecule has 0 aliphatic carbocycles. The summed E-state index contributed by atoms with van der Waals surface area (Å²) >= 11 is 0. The molecule has 0 spiro atoms. The number of aromatic nitrogens is 2. The van der Waals surface area contributed by atoms with Gasteiger partial charge in [-0.2, -0.15) is 0 Å². The fraction of sp³-hybridized carbons (Fsp3) is 0.333. The van der Waals surface area contributed by atoms with Gasteiger partial charge in [-0.05, 0) is 36.4 Å². The summed E-state index contributed by atoms with van der Waals surface area (Å²) < 4.78 is 6.47. The van der Waals surface area contributed by atoms with E-state index in [0.29, 0.717) is 24.0 Å². The molecule has 1 fully saturated rings. The molecule has 0 atom stereocenters. The van der Waals surface area contributed by atoms with E-state index in [1.54, 1.807) is 25.3 Å². The first-order chi connectivity index (χ1) is 16.0. The Labute approximate surface area is 191 Å². The number of fused-ring (bicyclic) bond motifs is 1. The van der Waals surface area contributed by atoms with E-state index in [0.717, 1.165) is 24.5 Å². The van der Waals surface area contributed by atoms with Crippen molar-refractivity contribution in [3.63, 3.8) is 0 Å². The molecule has 3 aromatic rings. The second-order valence-electron chi connectivity index (χ2n) is 7.86. The highest BCUT2D eigenvalue weighted by atomic mass is 16.5. The number of nitrogens with one attached hydrogen (secondary N) is 1. The van der Waals surface area contributed by atoms with Crippen molar-refractivity contribution in [1.82, 2.24) is 19.8 Å². The van der Waals surface area contributed by atoms with E-state index in [-0.39, 0.29) is 36.9 Å². The van der Waals surface area contributed by atoms with Gasteiger partial charge in [-0.25, -0.2) is 4.98 Å². The van der Waals surface area contributed by atoms with Gasteiger partial charge in [-0.1, -0.05) is 12.1 Å². The normalized spacial score (nSPS) is 13.7. The number of methoxy groups -OCH3 is 1. The molecule has 0 bridgehead atoms. The van der Waals surface area contributed by atoms with Gasteiger partial charge in [0.15, 0.2) is 0 Å². The Kier molecular flexibility index (Phi) is 6.87. The molecule has 1 N–H and O–H groups in total. The fourth-order valence-electron chi connectivity index (χ4n) is 3.90. The first kappa shape index (κ1) is 22.3. The molecule has 1 aromatic heterocycles. The van der Waals surface area contributed by atoms with E-state index in [1.165, 1.54) is 10.9 Å². The van der Waals surface area contributed by atoms with Crippen molar-refractivity contribution in [2.45, 2.75) is 13.0 Å². The average molecular weight is 450 g/mol. The lowest BCUT2D eigenvalue weighted by Crippen LogP contribution is -2.49. The van der Waals surface area contributed by atoms with E-state index in [2.05, 4.69) is 15.2 Å². The standard InChI is InChI=1S/C24H27N5O4/c1-33-19-8-6-18(7-9-19)27-12-14-28(15-13-27)23(31)10-11-25-22(30)16-29-17-26-21-5-3-2-4-20(21)24(29)32/h2-9,17H,10-16H2,1H3,(H,25,30). The molecule has 1 aliphatic heterocycles. The maximum absolute atomic E-state index is 12.5. The molecular formula is C24H27N5O4. The summed E-state index contributed by atoms with van der Waals surface area (Å²) in [5, 5.41) is 3.19. The zero-order chi connectivity index (χ0) is 23.2. The van der Waals surface area contributed by atoms with Crippen LogP contribution < -0.4 is 20.5 Å². The number of rotatable bonds is 7. The number of carbonyl (C=O) groups is 2. The topological polar surface area (TPSA) is 96.8 Å². The minimum absolute atomic E-state index is 0.00854. The van der Waals surface area contributed by atoms with Crippen LogP contribution >= 0.6 is 0 Å². The molecule has 2 heterocycles. The Bertz CT molecular complexity index is 1180. The zero-order valence-electron chi connectivity index (χ0n) is 18.6. The van der Waals surface area contributed by atoms with Gasteiger partial charge in [0.1, 0.15) is 12.3 Å². The Morgan fingerprint density at radius 1 is 1.03 bits per heavy atom. The van der Waals surface area contributed by atoms with Crippen LogP contribution in [0.25, 0.3) is 10.9 Å². The molecule has 2 aromatic carbocycles. The van der Waals surface area contributed by atoms with Gasteiger partial charge in [0.2, 0.25) is 11.8 Å². The number of ether oxygens (including phenoxy) is 1. The van der Waals surface area contributed by atoms with Crippen LogP contribution in [0, 0.1) is 0 Å². The lowest BCUT2D eigenvalue weighted by atomic mass is 10.2. The van der Waals surface area contributed by atoms with Crippen molar-refractivity contribution in [1.29, 1.82) is 0 Å². The molecule has 9 heteroatoms. The smallest absolute Gasteiger partial charge is 0.261 e. The Hall–Kier alpha value is -3.88. The Balaban J connectivity index is 1.21. The number of anilines is 1. The summed E-state index contributed by atoms with van der Waals surface area (Å²) in [6.07, 6.45) is 1.59. The maximum Gasteiger partial charge on any atom is 0.261 e. The molecule has 4 rings (SSSR count).